The number of benzene rings is 1. The Balaban J connectivity index is 1.96. The van der Waals surface area contributed by atoms with Crippen LogP contribution < -0.4 is 5.32 Å². The first-order chi connectivity index (χ1) is 12.1. The second-order valence-electron chi connectivity index (χ2n) is 8.89. The number of pyridine rings is 1. The molecule has 0 amide bonds. The average molecular weight is 370 g/mol. The number of anilines is 1. The summed E-state index contributed by atoms with van der Waals surface area (Å²) < 4.78 is 2.19. The van der Waals surface area contributed by atoms with Gasteiger partial charge in [0.1, 0.15) is 5.82 Å². The quantitative estimate of drug-likeness (QED) is 0.566. The van der Waals surface area contributed by atoms with Crippen LogP contribution in [0.15, 0.2) is 48.8 Å². The lowest BCUT2D eigenvalue weighted by atomic mass is 9.82. The van der Waals surface area contributed by atoms with Crippen LogP contribution in [0.25, 0.3) is 10.9 Å². The number of aromatic nitrogens is 2. The summed E-state index contributed by atoms with van der Waals surface area (Å²) in [7, 11) is 0. The fourth-order valence-electron chi connectivity index (χ4n) is 3.89. The molecular formula is C22H28ClN3. The minimum Gasteiger partial charge on any atom is -0.365 e. The van der Waals surface area contributed by atoms with Crippen LogP contribution >= 0.6 is 11.6 Å². The highest BCUT2D eigenvalue weighted by Crippen LogP contribution is 2.35. The highest BCUT2D eigenvalue weighted by molar-refractivity contribution is 6.36. The van der Waals surface area contributed by atoms with Crippen molar-refractivity contribution in [3.05, 3.63) is 59.4 Å². The van der Waals surface area contributed by atoms with E-state index in [-0.39, 0.29) is 11.0 Å². The van der Waals surface area contributed by atoms with Crippen molar-refractivity contribution in [2.45, 2.75) is 53.1 Å². The molecule has 0 radical (unpaired) electrons. The van der Waals surface area contributed by atoms with Gasteiger partial charge in [-0.1, -0.05) is 62.7 Å². The normalized spacial score (nSPS) is 12.5. The van der Waals surface area contributed by atoms with E-state index in [2.05, 4.69) is 73.8 Å². The van der Waals surface area contributed by atoms with Crippen molar-refractivity contribution >= 4 is 28.3 Å². The number of halogens is 1. The predicted molar refractivity (Wildman–Crippen MR) is 112 cm³/mol. The molecule has 1 aromatic carbocycles. The van der Waals surface area contributed by atoms with E-state index in [9.17, 15) is 0 Å². The van der Waals surface area contributed by atoms with Gasteiger partial charge in [0, 0.05) is 24.5 Å². The summed E-state index contributed by atoms with van der Waals surface area (Å²) in [5.41, 5.74) is 2.50. The fraction of sp³-hybridized carbons (Fsp3) is 0.409. The van der Waals surface area contributed by atoms with Gasteiger partial charge in [0.25, 0.3) is 0 Å². The summed E-state index contributed by atoms with van der Waals surface area (Å²) in [6, 6.07) is 12.5. The first-order valence-electron chi connectivity index (χ1n) is 9.10. The van der Waals surface area contributed by atoms with Gasteiger partial charge in [-0.15, -0.1) is 0 Å². The summed E-state index contributed by atoms with van der Waals surface area (Å²) in [5.74, 6) is 0.855. The number of nitrogens with one attached hydrogen (secondary N) is 1. The third-order valence-electron chi connectivity index (χ3n) is 4.37. The smallest absolute Gasteiger partial charge is 0.137 e. The maximum atomic E-state index is 6.61. The highest BCUT2D eigenvalue weighted by atomic mass is 35.5. The van der Waals surface area contributed by atoms with Crippen molar-refractivity contribution in [3.63, 3.8) is 0 Å². The topological polar surface area (TPSA) is 29.9 Å². The summed E-state index contributed by atoms with van der Waals surface area (Å²) in [4.78, 5) is 4.59. The zero-order valence-electron chi connectivity index (χ0n) is 16.3. The molecular weight excluding hydrogens is 342 g/mol. The van der Waals surface area contributed by atoms with Crippen molar-refractivity contribution in [3.8, 4) is 0 Å². The number of rotatable bonds is 5. The molecule has 1 N–H and O–H groups in total. The van der Waals surface area contributed by atoms with Gasteiger partial charge >= 0.3 is 0 Å². The van der Waals surface area contributed by atoms with Crippen LogP contribution in [0.1, 0.15) is 46.6 Å². The Kier molecular flexibility index (Phi) is 5.03. The second kappa shape index (κ2) is 6.96. The Morgan fingerprint density at radius 2 is 1.73 bits per heavy atom. The molecule has 0 bridgehead atoms. The van der Waals surface area contributed by atoms with Gasteiger partial charge in [0.2, 0.25) is 0 Å². The van der Waals surface area contributed by atoms with Crippen LogP contribution in [0.2, 0.25) is 5.02 Å². The summed E-state index contributed by atoms with van der Waals surface area (Å²) in [6.45, 7) is 12.0. The lowest BCUT2D eigenvalue weighted by molar-refractivity contribution is 0.302. The summed E-state index contributed by atoms with van der Waals surface area (Å²) in [5, 5.41) is 5.35. The molecule has 3 nitrogen and oxygen atoms in total. The van der Waals surface area contributed by atoms with E-state index in [0.717, 1.165) is 34.7 Å². The van der Waals surface area contributed by atoms with Crippen LogP contribution in [0, 0.1) is 5.41 Å². The molecule has 0 fully saturated rings. The monoisotopic (exact) mass is 369 g/mol. The van der Waals surface area contributed by atoms with Gasteiger partial charge in [-0.3, -0.25) is 0 Å². The predicted octanol–water partition coefficient (Wildman–Crippen LogP) is 6.36. The molecule has 2 aromatic heterocycles. The number of hydrogen-bond acceptors (Lipinski definition) is 2. The van der Waals surface area contributed by atoms with Crippen molar-refractivity contribution in [1.82, 2.24) is 9.55 Å². The largest absolute Gasteiger partial charge is 0.365 e. The van der Waals surface area contributed by atoms with E-state index in [4.69, 9.17) is 11.6 Å². The van der Waals surface area contributed by atoms with Crippen molar-refractivity contribution < 1.29 is 0 Å². The lowest BCUT2D eigenvalue weighted by Gasteiger charge is -2.34. The molecule has 3 rings (SSSR count). The molecule has 0 unspecified atom stereocenters. The summed E-state index contributed by atoms with van der Waals surface area (Å²) >= 11 is 6.61. The number of fused-ring (bicyclic) bond motifs is 1. The molecule has 2 heterocycles. The Morgan fingerprint density at radius 1 is 1.04 bits per heavy atom. The van der Waals surface area contributed by atoms with Crippen LogP contribution in [0.4, 0.5) is 5.82 Å². The SMILES string of the molecule is CC(C)(C)CC(C)(C)Nc1nccc2c1c(Cl)cn2Cc1ccccc1. The highest BCUT2D eigenvalue weighted by Gasteiger charge is 2.27. The van der Waals surface area contributed by atoms with E-state index in [1.54, 1.807) is 0 Å². The molecule has 0 aliphatic heterocycles. The zero-order chi connectivity index (χ0) is 18.9. The van der Waals surface area contributed by atoms with Gasteiger partial charge in [-0.05, 0) is 37.3 Å². The van der Waals surface area contributed by atoms with Crippen LogP contribution in [0.3, 0.4) is 0 Å². The lowest BCUT2D eigenvalue weighted by Crippen LogP contribution is -2.35. The summed E-state index contributed by atoms with van der Waals surface area (Å²) in [6.07, 6.45) is 4.89. The Bertz CT molecular complexity index is 889. The van der Waals surface area contributed by atoms with E-state index in [1.807, 2.05) is 24.5 Å². The second-order valence-corrected chi connectivity index (χ2v) is 9.30. The molecule has 4 heteroatoms. The third kappa shape index (κ3) is 4.39. The van der Waals surface area contributed by atoms with Crippen molar-refractivity contribution in [2.75, 3.05) is 5.32 Å². The van der Waals surface area contributed by atoms with Gasteiger partial charge in [-0.2, -0.15) is 0 Å². The van der Waals surface area contributed by atoms with Crippen LogP contribution in [-0.2, 0) is 6.54 Å². The van der Waals surface area contributed by atoms with E-state index >= 15 is 0 Å². The number of hydrogen-bond donors (Lipinski definition) is 1. The molecule has 0 saturated heterocycles. The Labute approximate surface area is 161 Å². The maximum absolute atomic E-state index is 6.61. The first kappa shape index (κ1) is 18.8. The molecule has 0 aliphatic rings. The van der Waals surface area contributed by atoms with Gasteiger partial charge in [-0.25, -0.2) is 4.98 Å². The zero-order valence-corrected chi connectivity index (χ0v) is 17.1. The van der Waals surface area contributed by atoms with E-state index < -0.39 is 0 Å². The Morgan fingerprint density at radius 3 is 2.38 bits per heavy atom. The van der Waals surface area contributed by atoms with Gasteiger partial charge < -0.3 is 9.88 Å². The molecule has 0 atom stereocenters. The number of nitrogens with zero attached hydrogens (tertiary/aromatic N) is 2. The molecule has 3 aromatic rings. The standard InChI is InChI=1S/C22H28ClN3/c1-21(2,3)15-22(4,5)25-20-19-17(23)14-26(18(19)11-12-24-20)13-16-9-7-6-8-10-16/h6-12,14H,13,15H2,1-5H3,(H,24,25). The maximum Gasteiger partial charge on any atom is 0.137 e. The molecule has 0 aliphatic carbocycles. The van der Waals surface area contributed by atoms with E-state index in [1.165, 1.54) is 5.56 Å². The minimum absolute atomic E-state index is 0.0790. The van der Waals surface area contributed by atoms with Gasteiger partial charge in [0.15, 0.2) is 0 Å². The molecule has 0 spiro atoms. The van der Waals surface area contributed by atoms with Crippen LogP contribution in [0.5, 0.6) is 0 Å². The fourth-order valence-corrected chi connectivity index (χ4v) is 4.20. The Hall–Kier alpha value is -2.00. The third-order valence-corrected chi connectivity index (χ3v) is 4.66. The minimum atomic E-state index is -0.0790. The molecule has 138 valence electrons. The van der Waals surface area contributed by atoms with Gasteiger partial charge in [0.05, 0.1) is 15.9 Å². The molecule has 26 heavy (non-hydrogen) atoms. The first-order valence-corrected chi connectivity index (χ1v) is 9.48. The van der Waals surface area contributed by atoms with Crippen LogP contribution in [-0.4, -0.2) is 15.1 Å². The van der Waals surface area contributed by atoms with Crippen molar-refractivity contribution in [1.29, 1.82) is 0 Å². The molecule has 0 saturated carbocycles. The van der Waals surface area contributed by atoms with E-state index in [0.29, 0.717) is 0 Å². The van der Waals surface area contributed by atoms with Crippen molar-refractivity contribution in [2.24, 2.45) is 5.41 Å². The average Bonchev–Trinajstić information content (AvgIpc) is 2.83.